The first-order valence-electron chi connectivity index (χ1n) is 8.23. The van der Waals surface area contributed by atoms with E-state index >= 15 is 0 Å². The summed E-state index contributed by atoms with van der Waals surface area (Å²) in [6, 6.07) is 13.6. The molecule has 1 aliphatic heterocycles. The van der Waals surface area contributed by atoms with Gasteiger partial charge >= 0.3 is 0 Å². The van der Waals surface area contributed by atoms with Crippen LogP contribution in [0.2, 0.25) is 0 Å². The quantitative estimate of drug-likeness (QED) is 0.836. The van der Waals surface area contributed by atoms with Crippen LogP contribution in [0.1, 0.15) is 22.9 Å². The Balaban J connectivity index is 1.67. The van der Waals surface area contributed by atoms with E-state index in [-0.39, 0.29) is 36.0 Å². The Morgan fingerprint density at radius 2 is 2.04 bits per heavy atom. The number of benzene rings is 1. The fraction of sp³-hybridized carbons (Fsp3) is 0.389. The average molecular weight is 379 g/mol. The van der Waals surface area contributed by atoms with Crippen molar-refractivity contribution < 1.29 is 13.2 Å². The molecule has 2 atom stereocenters. The molecule has 0 bridgehead atoms. The molecule has 2 aromatic rings. The molecule has 1 amide bonds. The smallest absolute Gasteiger partial charge is 0.234 e. The van der Waals surface area contributed by atoms with Crippen molar-refractivity contribution in [3.05, 3.63) is 58.3 Å². The van der Waals surface area contributed by atoms with Crippen LogP contribution in [0.5, 0.6) is 0 Å². The van der Waals surface area contributed by atoms with Crippen LogP contribution < -0.4 is 5.32 Å². The average Bonchev–Trinajstić information content (AvgIpc) is 3.23. The maximum Gasteiger partial charge on any atom is 0.234 e. The number of nitrogens with zero attached hydrogens (tertiary/aromatic N) is 1. The number of amides is 1. The highest BCUT2D eigenvalue weighted by atomic mass is 32.2. The molecule has 1 aromatic heterocycles. The van der Waals surface area contributed by atoms with Crippen molar-refractivity contribution in [2.24, 2.45) is 0 Å². The second-order valence-corrected chi connectivity index (χ2v) is 9.61. The molecule has 3 rings (SSSR count). The van der Waals surface area contributed by atoms with Crippen molar-refractivity contribution in [3.8, 4) is 0 Å². The van der Waals surface area contributed by atoms with Gasteiger partial charge in [0.15, 0.2) is 9.84 Å². The molecule has 7 heteroatoms. The number of carbonyl (C=O) groups excluding carboxylic acids is 1. The molecule has 1 saturated heterocycles. The fourth-order valence-electron chi connectivity index (χ4n) is 3.11. The largest absolute Gasteiger partial charge is 0.343 e. The molecule has 0 spiro atoms. The lowest BCUT2D eigenvalue weighted by molar-refractivity contribution is -0.122. The van der Waals surface area contributed by atoms with Crippen LogP contribution in [-0.2, 0) is 14.6 Å². The van der Waals surface area contributed by atoms with Crippen molar-refractivity contribution in [2.45, 2.75) is 18.5 Å². The minimum absolute atomic E-state index is 0.0762. The van der Waals surface area contributed by atoms with Gasteiger partial charge in [-0.3, -0.25) is 9.69 Å². The van der Waals surface area contributed by atoms with Crippen LogP contribution in [-0.4, -0.2) is 50.4 Å². The predicted octanol–water partition coefficient (Wildman–Crippen LogP) is 2.07. The van der Waals surface area contributed by atoms with Gasteiger partial charge in [0.2, 0.25) is 5.91 Å². The second-order valence-electron chi connectivity index (χ2n) is 6.40. The minimum Gasteiger partial charge on any atom is -0.343 e. The summed E-state index contributed by atoms with van der Waals surface area (Å²) in [5.41, 5.74) is 1.03. The van der Waals surface area contributed by atoms with Crippen LogP contribution in [0.25, 0.3) is 0 Å². The molecular weight excluding hydrogens is 356 g/mol. The number of thiophene rings is 1. The lowest BCUT2D eigenvalue weighted by Gasteiger charge is -2.24. The first kappa shape index (κ1) is 18.1. The summed E-state index contributed by atoms with van der Waals surface area (Å²) in [6.07, 6.45) is 0.596. The molecule has 5 nitrogen and oxygen atoms in total. The summed E-state index contributed by atoms with van der Waals surface area (Å²) in [7, 11) is -1.14. The zero-order valence-corrected chi connectivity index (χ0v) is 15.7. The zero-order valence-electron chi connectivity index (χ0n) is 14.1. The van der Waals surface area contributed by atoms with Gasteiger partial charge in [-0.1, -0.05) is 36.4 Å². The van der Waals surface area contributed by atoms with Gasteiger partial charge in [-0.2, -0.15) is 0 Å². The summed E-state index contributed by atoms with van der Waals surface area (Å²) >= 11 is 1.60. The molecule has 1 aliphatic rings. The van der Waals surface area contributed by atoms with Gasteiger partial charge in [-0.15, -0.1) is 11.3 Å². The molecule has 0 unspecified atom stereocenters. The van der Waals surface area contributed by atoms with Crippen molar-refractivity contribution >= 4 is 27.1 Å². The Hall–Kier alpha value is -1.70. The molecule has 1 N–H and O–H groups in total. The standard InChI is InChI=1S/C18H22N2O3S2/c1-20(15-9-11-25(22,23)13-15)12-17(21)19-18(16-8-5-10-24-16)14-6-3-2-4-7-14/h2-8,10,15,18H,9,11-13H2,1H3,(H,19,21)/t15-,18+/m0/s1. The molecule has 0 saturated carbocycles. The Kier molecular flexibility index (Phi) is 5.56. The van der Waals surface area contributed by atoms with Crippen LogP contribution in [0.4, 0.5) is 0 Å². The fourth-order valence-corrected chi connectivity index (χ4v) is 5.71. The number of carbonyl (C=O) groups is 1. The summed E-state index contributed by atoms with van der Waals surface area (Å²) in [5, 5.41) is 5.08. The van der Waals surface area contributed by atoms with E-state index in [0.29, 0.717) is 6.42 Å². The molecule has 0 aliphatic carbocycles. The highest BCUT2D eigenvalue weighted by Crippen LogP contribution is 2.26. The van der Waals surface area contributed by atoms with Crippen molar-refractivity contribution in [2.75, 3.05) is 25.1 Å². The molecule has 0 radical (unpaired) electrons. The molecule has 134 valence electrons. The molecule has 25 heavy (non-hydrogen) atoms. The van der Waals surface area contributed by atoms with Gasteiger partial charge in [-0.05, 0) is 30.5 Å². The number of hydrogen-bond acceptors (Lipinski definition) is 5. The maximum absolute atomic E-state index is 12.6. The maximum atomic E-state index is 12.6. The third-order valence-electron chi connectivity index (χ3n) is 4.49. The van der Waals surface area contributed by atoms with Gasteiger partial charge in [-0.25, -0.2) is 8.42 Å². The van der Waals surface area contributed by atoms with E-state index in [4.69, 9.17) is 0 Å². The normalized spacial score (nSPS) is 20.5. The van der Waals surface area contributed by atoms with Crippen LogP contribution in [0.15, 0.2) is 47.8 Å². The van der Waals surface area contributed by atoms with Crippen LogP contribution in [0.3, 0.4) is 0 Å². The SMILES string of the molecule is CN(CC(=O)N[C@H](c1ccccc1)c1cccs1)[C@H]1CCS(=O)(=O)C1. The molecule has 1 fully saturated rings. The van der Waals surface area contributed by atoms with E-state index in [1.807, 2.05) is 59.8 Å². The molecule has 1 aromatic carbocycles. The zero-order chi connectivity index (χ0) is 17.9. The summed E-state index contributed by atoms with van der Waals surface area (Å²) in [4.78, 5) is 15.5. The first-order valence-corrected chi connectivity index (χ1v) is 10.9. The van der Waals surface area contributed by atoms with Gasteiger partial charge < -0.3 is 5.32 Å². The van der Waals surface area contributed by atoms with E-state index in [9.17, 15) is 13.2 Å². The monoisotopic (exact) mass is 378 g/mol. The summed E-state index contributed by atoms with van der Waals surface area (Å²) in [5.74, 6) is 0.254. The van der Waals surface area contributed by atoms with Crippen molar-refractivity contribution in [3.63, 3.8) is 0 Å². The van der Waals surface area contributed by atoms with E-state index < -0.39 is 9.84 Å². The van der Waals surface area contributed by atoms with E-state index in [1.54, 1.807) is 11.3 Å². The minimum atomic E-state index is -2.95. The van der Waals surface area contributed by atoms with E-state index in [1.165, 1.54) is 0 Å². The molecule has 2 heterocycles. The Morgan fingerprint density at radius 3 is 2.64 bits per heavy atom. The van der Waals surface area contributed by atoms with Gasteiger partial charge in [0, 0.05) is 10.9 Å². The Bertz CT molecular complexity index is 804. The Labute approximate surface area is 152 Å². The van der Waals surface area contributed by atoms with Gasteiger partial charge in [0.25, 0.3) is 0 Å². The van der Waals surface area contributed by atoms with Crippen molar-refractivity contribution in [1.82, 2.24) is 10.2 Å². The van der Waals surface area contributed by atoms with Crippen LogP contribution >= 0.6 is 11.3 Å². The third kappa shape index (κ3) is 4.68. The highest BCUT2D eigenvalue weighted by molar-refractivity contribution is 7.91. The lowest BCUT2D eigenvalue weighted by atomic mass is 10.1. The Morgan fingerprint density at radius 1 is 1.28 bits per heavy atom. The lowest BCUT2D eigenvalue weighted by Crippen LogP contribution is -2.42. The predicted molar refractivity (Wildman–Crippen MR) is 100 cm³/mol. The summed E-state index contributed by atoms with van der Waals surface area (Å²) < 4.78 is 23.2. The van der Waals surface area contributed by atoms with Gasteiger partial charge in [0.1, 0.15) is 0 Å². The van der Waals surface area contributed by atoms with Crippen molar-refractivity contribution in [1.29, 1.82) is 0 Å². The topological polar surface area (TPSA) is 66.5 Å². The number of nitrogens with one attached hydrogen (secondary N) is 1. The van der Waals surface area contributed by atoms with E-state index in [2.05, 4.69) is 5.32 Å². The number of likely N-dealkylation sites (N-methyl/N-ethyl adjacent to an activating group) is 1. The highest BCUT2D eigenvalue weighted by Gasteiger charge is 2.31. The number of hydrogen-bond donors (Lipinski definition) is 1. The second kappa shape index (κ2) is 7.68. The number of sulfone groups is 1. The first-order chi connectivity index (χ1) is 11.9. The molecular formula is C18H22N2O3S2. The van der Waals surface area contributed by atoms with Gasteiger partial charge in [0.05, 0.1) is 24.1 Å². The van der Waals surface area contributed by atoms with Crippen LogP contribution in [0, 0.1) is 0 Å². The number of rotatable bonds is 6. The summed E-state index contributed by atoms with van der Waals surface area (Å²) in [6.45, 7) is 0.189. The third-order valence-corrected chi connectivity index (χ3v) is 7.18. The van der Waals surface area contributed by atoms with E-state index in [0.717, 1.165) is 10.4 Å².